The number of hydrogen-bond donors (Lipinski definition) is 1. The second-order valence-electron chi connectivity index (χ2n) is 4.46. The van der Waals surface area contributed by atoms with Gasteiger partial charge >= 0.3 is 0 Å². The topological polar surface area (TPSA) is 12.0 Å². The summed E-state index contributed by atoms with van der Waals surface area (Å²) in [5, 5.41) is 5.79. The highest BCUT2D eigenvalue weighted by atomic mass is 79.9. The van der Waals surface area contributed by atoms with Gasteiger partial charge in [0.2, 0.25) is 0 Å². The van der Waals surface area contributed by atoms with Crippen LogP contribution in [0.3, 0.4) is 0 Å². The zero-order valence-electron chi connectivity index (χ0n) is 10.8. The fourth-order valence-electron chi connectivity index (χ4n) is 2.06. The molecule has 0 radical (unpaired) electrons. The standard InChI is InChI=1S/C14H13BrClNS3/c1-2-4-17-13(11-6-8(15)14(16)20-11)12-7-10-9(19-12)3-5-18-10/h3,5-7,13,17H,2,4H2,1H3. The van der Waals surface area contributed by atoms with Crippen molar-refractivity contribution in [2.75, 3.05) is 6.54 Å². The van der Waals surface area contributed by atoms with Crippen LogP contribution < -0.4 is 5.32 Å². The molecule has 0 saturated heterocycles. The Balaban J connectivity index is 1.98. The largest absolute Gasteiger partial charge is 0.305 e. The van der Waals surface area contributed by atoms with Crippen molar-refractivity contribution in [3.05, 3.63) is 42.1 Å². The molecular weight excluding hydrogens is 394 g/mol. The van der Waals surface area contributed by atoms with Crippen LogP contribution in [-0.4, -0.2) is 6.54 Å². The zero-order chi connectivity index (χ0) is 14.1. The number of rotatable bonds is 5. The Morgan fingerprint density at radius 3 is 2.70 bits per heavy atom. The van der Waals surface area contributed by atoms with Crippen LogP contribution >= 0.6 is 61.5 Å². The third-order valence-electron chi connectivity index (χ3n) is 2.99. The highest BCUT2D eigenvalue weighted by Gasteiger charge is 2.20. The molecule has 1 atom stereocenters. The summed E-state index contributed by atoms with van der Waals surface area (Å²) in [6, 6.07) is 6.88. The van der Waals surface area contributed by atoms with E-state index in [1.165, 1.54) is 19.2 Å². The first kappa shape index (κ1) is 15.0. The molecule has 0 bridgehead atoms. The predicted molar refractivity (Wildman–Crippen MR) is 96.9 cm³/mol. The Morgan fingerprint density at radius 2 is 2.05 bits per heavy atom. The van der Waals surface area contributed by atoms with E-state index in [-0.39, 0.29) is 6.04 Å². The molecule has 3 aromatic rings. The lowest BCUT2D eigenvalue weighted by Crippen LogP contribution is -2.21. The summed E-state index contributed by atoms with van der Waals surface area (Å²) in [5.74, 6) is 0. The average Bonchev–Trinajstić information content (AvgIpc) is 3.06. The molecule has 0 aliphatic rings. The molecule has 6 heteroatoms. The summed E-state index contributed by atoms with van der Waals surface area (Å²) in [6.45, 7) is 3.19. The van der Waals surface area contributed by atoms with Gasteiger partial charge in [0.1, 0.15) is 4.34 Å². The fraction of sp³-hybridized carbons (Fsp3) is 0.286. The summed E-state index contributed by atoms with van der Waals surface area (Å²) in [7, 11) is 0. The molecule has 106 valence electrons. The van der Waals surface area contributed by atoms with E-state index in [1.807, 2.05) is 11.3 Å². The Hall–Kier alpha value is 0.0900. The molecule has 1 unspecified atom stereocenters. The van der Waals surface area contributed by atoms with Crippen LogP contribution in [0.4, 0.5) is 0 Å². The second-order valence-corrected chi connectivity index (χ2v) is 9.06. The Morgan fingerprint density at radius 1 is 1.25 bits per heavy atom. The summed E-state index contributed by atoms with van der Waals surface area (Å²) < 4.78 is 4.55. The van der Waals surface area contributed by atoms with Crippen molar-refractivity contribution >= 4 is 70.9 Å². The number of thiophene rings is 3. The van der Waals surface area contributed by atoms with E-state index >= 15 is 0 Å². The first-order valence-electron chi connectivity index (χ1n) is 6.34. The van der Waals surface area contributed by atoms with Crippen LogP contribution in [0.5, 0.6) is 0 Å². The lowest BCUT2D eigenvalue weighted by molar-refractivity contribution is 0.613. The van der Waals surface area contributed by atoms with Gasteiger partial charge in [-0.3, -0.25) is 0 Å². The minimum Gasteiger partial charge on any atom is -0.305 e. The maximum Gasteiger partial charge on any atom is 0.107 e. The van der Waals surface area contributed by atoms with E-state index in [0.29, 0.717) is 0 Å². The van der Waals surface area contributed by atoms with Gasteiger partial charge in [0.05, 0.1) is 6.04 Å². The van der Waals surface area contributed by atoms with Gasteiger partial charge in [-0.25, -0.2) is 0 Å². The lowest BCUT2D eigenvalue weighted by Gasteiger charge is -2.15. The van der Waals surface area contributed by atoms with E-state index < -0.39 is 0 Å². The Kier molecular flexibility index (Phi) is 4.85. The first-order valence-corrected chi connectivity index (χ1v) is 10.0. The van der Waals surface area contributed by atoms with E-state index in [9.17, 15) is 0 Å². The normalized spacial score (nSPS) is 13.2. The molecule has 0 aliphatic heterocycles. The van der Waals surface area contributed by atoms with Crippen molar-refractivity contribution in [1.82, 2.24) is 5.32 Å². The first-order chi connectivity index (χ1) is 9.69. The van der Waals surface area contributed by atoms with Crippen molar-refractivity contribution in [1.29, 1.82) is 0 Å². The minimum atomic E-state index is 0.244. The van der Waals surface area contributed by atoms with Crippen molar-refractivity contribution in [3.63, 3.8) is 0 Å². The molecule has 20 heavy (non-hydrogen) atoms. The smallest absolute Gasteiger partial charge is 0.107 e. The summed E-state index contributed by atoms with van der Waals surface area (Å²) in [6.07, 6.45) is 1.12. The van der Waals surface area contributed by atoms with Crippen molar-refractivity contribution in [2.24, 2.45) is 0 Å². The number of fused-ring (bicyclic) bond motifs is 1. The van der Waals surface area contributed by atoms with Gasteiger partial charge < -0.3 is 5.32 Å². The van der Waals surface area contributed by atoms with Gasteiger partial charge in [0, 0.05) is 23.6 Å². The zero-order valence-corrected chi connectivity index (χ0v) is 15.6. The van der Waals surface area contributed by atoms with Crippen LogP contribution in [0.1, 0.15) is 29.1 Å². The summed E-state index contributed by atoms with van der Waals surface area (Å²) >= 11 is 15.0. The molecule has 3 aromatic heterocycles. The molecular formula is C14H13BrClNS3. The van der Waals surface area contributed by atoms with Crippen LogP contribution in [0.2, 0.25) is 4.34 Å². The molecule has 0 aromatic carbocycles. The van der Waals surface area contributed by atoms with Gasteiger partial charge in [-0.1, -0.05) is 18.5 Å². The van der Waals surface area contributed by atoms with Crippen molar-refractivity contribution < 1.29 is 0 Å². The average molecular weight is 407 g/mol. The maximum absolute atomic E-state index is 6.20. The van der Waals surface area contributed by atoms with Gasteiger partial charge in [-0.15, -0.1) is 34.0 Å². The third-order valence-corrected chi connectivity index (χ3v) is 7.69. The molecule has 3 rings (SSSR count). The second kappa shape index (κ2) is 6.46. The molecule has 1 nitrogen and oxygen atoms in total. The third kappa shape index (κ3) is 2.98. The van der Waals surface area contributed by atoms with Crippen LogP contribution in [0.25, 0.3) is 9.40 Å². The molecule has 0 fully saturated rings. The van der Waals surface area contributed by atoms with Gasteiger partial charge in [-0.05, 0) is 52.5 Å². The van der Waals surface area contributed by atoms with E-state index in [0.717, 1.165) is 21.8 Å². The van der Waals surface area contributed by atoms with Gasteiger partial charge in [0.25, 0.3) is 0 Å². The van der Waals surface area contributed by atoms with Crippen LogP contribution in [0, 0.1) is 0 Å². The van der Waals surface area contributed by atoms with E-state index in [1.54, 1.807) is 22.7 Å². The number of nitrogens with one attached hydrogen (secondary N) is 1. The van der Waals surface area contributed by atoms with E-state index in [2.05, 4.69) is 51.7 Å². The molecule has 0 amide bonds. The SMILES string of the molecule is CCCNC(c1cc(Br)c(Cl)s1)c1cc2sccc2s1. The lowest BCUT2D eigenvalue weighted by atomic mass is 10.2. The summed E-state index contributed by atoms with van der Waals surface area (Å²) in [5.41, 5.74) is 0. The molecule has 0 aliphatic carbocycles. The van der Waals surface area contributed by atoms with Crippen molar-refractivity contribution in [3.8, 4) is 0 Å². The highest BCUT2D eigenvalue weighted by Crippen LogP contribution is 2.41. The maximum atomic E-state index is 6.20. The highest BCUT2D eigenvalue weighted by molar-refractivity contribution is 9.10. The predicted octanol–water partition coefficient (Wildman–Crippen LogP) is 6.53. The summed E-state index contributed by atoms with van der Waals surface area (Å²) in [4.78, 5) is 2.63. The van der Waals surface area contributed by atoms with Crippen LogP contribution in [0.15, 0.2) is 28.1 Å². The molecule has 1 N–H and O–H groups in total. The molecule has 0 saturated carbocycles. The Bertz CT molecular complexity index is 667. The van der Waals surface area contributed by atoms with Crippen LogP contribution in [-0.2, 0) is 0 Å². The Labute approximate surface area is 143 Å². The monoisotopic (exact) mass is 405 g/mol. The van der Waals surface area contributed by atoms with E-state index in [4.69, 9.17) is 11.6 Å². The van der Waals surface area contributed by atoms with Crippen molar-refractivity contribution in [2.45, 2.75) is 19.4 Å². The molecule has 3 heterocycles. The van der Waals surface area contributed by atoms with Gasteiger partial charge in [-0.2, -0.15) is 0 Å². The number of halogens is 2. The minimum absolute atomic E-state index is 0.244. The quantitative estimate of drug-likeness (QED) is 0.508. The van der Waals surface area contributed by atoms with Gasteiger partial charge in [0.15, 0.2) is 0 Å². The molecule has 0 spiro atoms. The number of hydrogen-bond acceptors (Lipinski definition) is 4. The fourth-order valence-corrected chi connectivity index (χ4v) is 6.18.